The Morgan fingerprint density at radius 3 is 2.83 bits per heavy atom. The van der Waals surface area contributed by atoms with E-state index >= 15 is 0 Å². The van der Waals surface area contributed by atoms with Gasteiger partial charge in [0.25, 0.3) is 0 Å². The minimum Gasteiger partial charge on any atom is -0.481 e. The Morgan fingerprint density at radius 1 is 1.14 bits per heavy atom. The van der Waals surface area contributed by atoms with Crippen LogP contribution in [0.15, 0.2) is 16.7 Å². The maximum absolute atomic E-state index is 11.4. The molecule has 2 aromatic rings. The molecule has 1 saturated carbocycles. The highest BCUT2D eigenvalue weighted by Crippen LogP contribution is 2.41. The van der Waals surface area contributed by atoms with Crippen LogP contribution >= 0.6 is 0 Å². The number of nitrogens with zero attached hydrogens (tertiary/aromatic N) is 3. The molecule has 1 fully saturated rings. The molecule has 0 radical (unpaired) electrons. The van der Waals surface area contributed by atoms with Gasteiger partial charge in [0.1, 0.15) is 5.82 Å². The molecule has 2 aliphatic rings. The number of hydrogen-bond donors (Lipinski definition) is 2. The van der Waals surface area contributed by atoms with Crippen molar-refractivity contribution in [3.05, 3.63) is 35.1 Å². The minimum absolute atomic E-state index is 0.183. The van der Waals surface area contributed by atoms with Crippen molar-refractivity contribution >= 4 is 11.8 Å². The Morgan fingerprint density at radius 2 is 2.00 bits per heavy atom. The monoisotopic (exact) mass is 398 g/mol. The van der Waals surface area contributed by atoms with E-state index in [9.17, 15) is 9.90 Å². The van der Waals surface area contributed by atoms with Gasteiger partial charge in [-0.2, -0.15) is 4.98 Å². The second-order valence-corrected chi connectivity index (χ2v) is 8.61. The minimum atomic E-state index is -0.737. The van der Waals surface area contributed by atoms with Crippen molar-refractivity contribution < 1.29 is 14.4 Å². The lowest BCUT2D eigenvalue weighted by molar-refractivity contribution is -0.140. The molecule has 7 heteroatoms. The fourth-order valence-corrected chi connectivity index (χ4v) is 4.76. The smallest absolute Gasteiger partial charge is 0.303 e. The largest absolute Gasteiger partial charge is 0.481 e. The van der Waals surface area contributed by atoms with Crippen LogP contribution in [-0.4, -0.2) is 32.7 Å². The number of hydrogen-bond acceptors (Lipinski definition) is 6. The van der Waals surface area contributed by atoms with E-state index in [0.717, 1.165) is 69.4 Å². The van der Waals surface area contributed by atoms with Gasteiger partial charge in [-0.15, -0.1) is 0 Å². The van der Waals surface area contributed by atoms with Crippen LogP contribution in [0.3, 0.4) is 0 Å². The second kappa shape index (κ2) is 8.93. The maximum Gasteiger partial charge on any atom is 0.303 e. The van der Waals surface area contributed by atoms with E-state index in [0.29, 0.717) is 18.1 Å². The third-order valence-electron chi connectivity index (χ3n) is 6.26. The standard InChI is InChI=1S/C22H30N4O3/c27-20(28)15-22(11-2-1-3-12-22)14-19-25-18(26-29-19)8-4-7-17-10-9-16-6-5-13-23-21(16)24-17/h9-10H,1-8,11-15H2,(H,23,24)(H,27,28). The van der Waals surface area contributed by atoms with Crippen molar-refractivity contribution in [2.75, 3.05) is 11.9 Å². The number of nitrogens with one attached hydrogen (secondary N) is 1. The molecule has 1 aliphatic heterocycles. The Labute approximate surface area is 171 Å². The Balaban J connectivity index is 1.31. The lowest BCUT2D eigenvalue weighted by Crippen LogP contribution is -2.29. The summed E-state index contributed by atoms with van der Waals surface area (Å²) >= 11 is 0. The summed E-state index contributed by atoms with van der Waals surface area (Å²) in [6, 6.07) is 4.30. The van der Waals surface area contributed by atoms with Crippen LogP contribution in [-0.2, 0) is 30.5 Å². The number of carbonyl (C=O) groups is 1. The molecule has 0 amide bonds. The number of rotatable bonds is 8. The van der Waals surface area contributed by atoms with E-state index < -0.39 is 5.97 Å². The zero-order valence-corrected chi connectivity index (χ0v) is 17.0. The Bertz CT molecular complexity index is 842. The van der Waals surface area contributed by atoms with E-state index in [1.807, 2.05) is 0 Å². The number of aryl methyl sites for hydroxylation is 3. The Kier molecular flexibility index (Phi) is 6.11. The van der Waals surface area contributed by atoms with Gasteiger partial charge in [0, 0.05) is 25.1 Å². The molecular weight excluding hydrogens is 368 g/mol. The van der Waals surface area contributed by atoms with Crippen LogP contribution in [0.25, 0.3) is 0 Å². The predicted octanol–water partition coefficient (Wildman–Crippen LogP) is 3.97. The van der Waals surface area contributed by atoms with Crippen molar-refractivity contribution in [3.8, 4) is 0 Å². The third kappa shape index (κ3) is 5.14. The van der Waals surface area contributed by atoms with E-state index in [1.165, 1.54) is 18.4 Å². The molecule has 1 aliphatic carbocycles. The number of pyridine rings is 1. The highest BCUT2D eigenvalue weighted by atomic mass is 16.5. The molecular formula is C22H30N4O3. The lowest BCUT2D eigenvalue weighted by atomic mass is 9.69. The summed E-state index contributed by atoms with van der Waals surface area (Å²) in [6.07, 6.45) is 10.7. The molecule has 3 heterocycles. The van der Waals surface area contributed by atoms with Crippen molar-refractivity contribution in [1.29, 1.82) is 0 Å². The summed E-state index contributed by atoms with van der Waals surface area (Å²) in [5, 5.41) is 16.8. The van der Waals surface area contributed by atoms with Crippen LogP contribution in [0, 0.1) is 5.41 Å². The van der Waals surface area contributed by atoms with Gasteiger partial charge in [-0.1, -0.05) is 30.5 Å². The highest BCUT2D eigenvalue weighted by Gasteiger charge is 2.36. The lowest BCUT2D eigenvalue weighted by Gasteiger charge is -2.34. The fourth-order valence-electron chi connectivity index (χ4n) is 4.76. The maximum atomic E-state index is 11.4. The van der Waals surface area contributed by atoms with Gasteiger partial charge in [0.2, 0.25) is 5.89 Å². The first kappa shape index (κ1) is 19.9. The van der Waals surface area contributed by atoms with Crippen LogP contribution < -0.4 is 5.32 Å². The molecule has 29 heavy (non-hydrogen) atoms. The van der Waals surface area contributed by atoms with Gasteiger partial charge in [0.05, 0.1) is 6.42 Å². The van der Waals surface area contributed by atoms with Crippen molar-refractivity contribution in [1.82, 2.24) is 15.1 Å². The SMILES string of the molecule is O=C(O)CC1(Cc2nc(CCCc3ccc4c(n3)NCCC4)no2)CCCCC1. The van der Waals surface area contributed by atoms with Gasteiger partial charge in [-0.25, -0.2) is 4.98 Å². The molecule has 0 aromatic carbocycles. The summed E-state index contributed by atoms with van der Waals surface area (Å²) in [7, 11) is 0. The van der Waals surface area contributed by atoms with Crippen molar-refractivity contribution in [2.24, 2.45) is 5.41 Å². The second-order valence-electron chi connectivity index (χ2n) is 8.61. The van der Waals surface area contributed by atoms with Gasteiger partial charge < -0.3 is 14.9 Å². The first-order chi connectivity index (χ1) is 14.1. The average Bonchev–Trinajstić information content (AvgIpc) is 3.14. The molecule has 0 bridgehead atoms. The average molecular weight is 399 g/mol. The number of fused-ring (bicyclic) bond motifs is 1. The summed E-state index contributed by atoms with van der Waals surface area (Å²) in [5.74, 6) is 1.59. The zero-order valence-electron chi connectivity index (χ0n) is 17.0. The summed E-state index contributed by atoms with van der Waals surface area (Å²) < 4.78 is 5.47. The highest BCUT2D eigenvalue weighted by molar-refractivity contribution is 5.67. The normalized spacial score (nSPS) is 18.1. The molecule has 0 spiro atoms. The number of anilines is 1. The quantitative estimate of drug-likeness (QED) is 0.694. The molecule has 2 N–H and O–H groups in total. The van der Waals surface area contributed by atoms with E-state index in [4.69, 9.17) is 9.51 Å². The molecule has 0 atom stereocenters. The van der Waals surface area contributed by atoms with Gasteiger partial charge in [-0.3, -0.25) is 4.79 Å². The molecule has 4 rings (SSSR count). The van der Waals surface area contributed by atoms with Crippen molar-refractivity contribution in [2.45, 2.75) is 77.0 Å². The zero-order chi connectivity index (χ0) is 20.1. The first-order valence-electron chi connectivity index (χ1n) is 10.9. The molecule has 156 valence electrons. The van der Waals surface area contributed by atoms with Crippen molar-refractivity contribution in [3.63, 3.8) is 0 Å². The summed E-state index contributed by atoms with van der Waals surface area (Å²) in [6.45, 7) is 0.998. The van der Waals surface area contributed by atoms with E-state index in [1.54, 1.807) is 0 Å². The molecule has 0 unspecified atom stereocenters. The molecule has 2 aromatic heterocycles. The number of carboxylic acid groups (broad SMARTS) is 1. The topological polar surface area (TPSA) is 101 Å². The number of carboxylic acids is 1. The van der Waals surface area contributed by atoms with Crippen LogP contribution in [0.4, 0.5) is 5.82 Å². The number of aliphatic carboxylic acids is 1. The van der Waals surface area contributed by atoms with Crippen LogP contribution in [0.2, 0.25) is 0 Å². The Hall–Kier alpha value is -2.44. The summed E-state index contributed by atoms with van der Waals surface area (Å²) in [5.41, 5.74) is 2.17. The number of aromatic nitrogens is 3. The first-order valence-corrected chi connectivity index (χ1v) is 10.9. The van der Waals surface area contributed by atoms with E-state index in [-0.39, 0.29) is 11.8 Å². The molecule has 7 nitrogen and oxygen atoms in total. The van der Waals surface area contributed by atoms with Crippen LogP contribution in [0.1, 0.15) is 74.3 Å². The van der Waals surface area contributed by atoms with Gasteiger partial charge >= 0.3 is 5.97 Å². The fraction of sp³-hybridized carbons (Fsp3) is 0.636. The summed E-state index contributed by atoms with van der Waals surface area (Å²) in [4.78, 5) is 20.6. The van der Waals surface area contributed by atoms with Gasteiger partial charge in [-0.05, 0) is 55.6 Å². The third-order valence-corrected chi connectivity index (χ3v) is 6.26. The predicted molar refractivity (Wildman–Crippen MR) is 109 cm³/mol. The van der Waals surface area contributed by atoms with Crippen LogP contribution in [0.5, 0.6) is 0 Å². The molecule has 0 saturated heterocycles. The van der Waals surface area contributed by atoms with Gasteiger partial charge in [0.15, 0.2) is 5.82 Å². The van der Waals surface area contributed by atoms with E-state index in [2.05, 4.69) is 27.6 Å².